The number of carbonyl (C=O) groups is 3. The quantitative estimate of drug-likeness (QED) is 0.493. The molecule has 5 nitrogen and oxygen atoms in total. The number of alkyl halides is 2. The van der Waals surface area contributed by atoms with Crippen LogP contribution in [-0.4, -0.2) is 43.3 Å². The molecule has 92 valence electrons. The zero-order valence-electron chi connectivity index (χ0n) is 8.92. The van der Waals surface area contributed by atoms with E-state index in [1.54, 1.807) is 0 Å². The molecule has 0 radical (unpaired) electrons. The van der Waals surface area contributed by atoms with Crippen LogP contribution in [0.25, 0.3) is 0 Å². The van der Waals surface area contributed by atoms with Crippen LogP contribution in [0.3, 0.4) is 0 Å². The molecule has 0 fully saturated rings. The van der Waals surface area contributed by atoms with Crippen LogP contribution in [-0.2, 0) is 23.9 Å². The van der Waals surface area contributed by atoms with Crippen molar-refractivity contribution in [3.63, 3.8) is 0 Å². The van der Waals surface area contributed by atoms with Gasteiger partial charge < -0.3 is 9.47 Å². The van der Waals surface area contributed by atoms with Crippen molar-refractivity contribution in [2.45, 2.75) is 19.5 Å². The first-order valence-corrected chi connectivity index (χ1v) is 4.57. The molecule has 0 bridgehead atoms. The fraction of sp³-hybridized carbons (Fsp3) is 0.667. The highest BCUT2D eigenvalue weighted by Crippen LogP contribution is 2.18. The van der Waals surface area contributed by atoms with Crippen molar-refractivity contribution in [3.05, 3.63) is 0 Å². The summed E-state index contributed by atoms with van der Waals surface area (Å²) < 4.78 is 34.3. The highest BCUT2D eigenvalue weighted by Gasteiger charge is 2.56. The van der Waals surface area contributed by atoms with Gasteiger partial charge in [-0.25, -0.2) is 18.4 Å². The van der Waals surface area contributed by atoms with Gasteiger partial charge in [-0.3, -0.25) is 4.79 Å². The lowest BCUT2D eigenvalue weighted by atomic mass is 10.0. The molecule has 0 aromatic rings. The van der Waals surface area contributed by atoms with Crippen LogP contribution in [0.1, 0.15) is 13.8 Å². The maximum Gasteiger partial charge on any atom is 0.364 e. The predicted octanol–water partition coefficient (Wildman–Crippen LogP) is 0.360. The van der Waals surface area contributed by atoms with Crippen molar-refractivity contribution >= 4 is 17.7 Å². The summed E-state index contributed by atoms with van der Waals surface area (Å²) in [7, 11) is 0. The highest BCUT2D eigenvalue weighted by atomic mass is 19.1. The summed E-state index contributed by atoms with van der Waals surface area (Å²) in [4.78, 5) is 33.1. The van der Waals surface area contributed by atoms with Gasteiger partial charge in [0.2, 0.25) is 5.78 Å². The Kier molecular flexibility index (Phi) is 5.55. The van der Waals surface area contributed by atoms with E-state index in [0.29, 0.717) is 0 Å². The van der Waals surface area contributed by atoms with Crippen LogP contribution < -0.4 is 0 Å². The first kappa shape index (κ1) is 14.5. The van der Waals surface area contributed by atoms with E-state index in [4.69, 9.17) is 0 Å². The smallest absolute Gasteiger partial charge is 0.364 e. The molecule has 0 aromatic heterocycles. The molecular formula is C9H12F2O5. The average molecular weight is 238 g/mol. The standard InChI is InChI=1S/C9H12F2O5/c1-3-15-7(13)9(11,6(12)5-10)8(14)16-4-2/h3-5H2,1-2H3. The third kappa shape index (κ3) is 2.74. The zero-order valence-corrected chi connectivity index (χ0v) is 8.92. The summed E-state index contributed by atoms with van der Waals surface area (Å²) in [6.45, 7) is 0.411. The molecule has 0 aliphatic heterocycles. The molecule has 0 amide bonds. The van der Waals surface area contributed by atoms with Gasteiger partial charge in [-0.15, -0.1) is 0 Å². The molecule has 0 aromatic carbocycles. The summed E-state index contributed by atoms with van der Waals surface area (Å²) >= 11 is 0. The van der Waals surface area contributed by atoms with Crippen molar-refractivity contribution in [2.75, 3.05) is 19.9 Å². The molecule has 0 unspecified atom stereocenters. The molecule has 0 saturated heterocycles. The van der Waals surface area contributed by atoms with Gasteiger partial charge in [-0.05, 0) is 13.8 Å². The summed E-state index contributed by atoms with van der Waals surface area (Å²) in [5.74, 6) is -5.34. The molecule has 0 aliphatic carbocycles. The number of hydrogen-bond acceptors (Lipinski definition) is 5. The first-order chi connectivity index (χ1) is 7.44. The third-order valence-electron chi connectivity index (χ3n) is 1.62. The lowest BCUT2D eigenvalue weighted by Crippen LogP contribution is -2.52. The van der Waals surface area contributed by atoms with Crippen molar-refractivity contribution in [2.24, 2.45) is 0 Å². The molecule has 0 aliphatic rings. The van der Waals surface area contributed by atoms with Gasteiger partial charge in [0.1, 0.15) is 0 Å². The summed E-state index contributed by atoms with van der Waals surface area (Å²) in [5.41, 5.74) is -3.71. The highest BCUT2D eigenvalue weighted by molar-refractivity contribution is 6.24. The number of ether oxygens (including phenoxy) is 2. The largest absolute Gasteiger partial charge is 0.463 e. The Morgan fingerprint density at radius 2 is 1.44 bits per heavy atom. The van der Waals surface area contributed by atoms with Crippen molar-refractivity contribution in [1.29, 1.82) is 0 Å². The molecular weight excluding hydrogens is 226 g/mol. The number of rotatable bonds is 6. The molecule has 0 saturated carbocycles. The van der Waals surface area contributed by atoms with Gasteiger partial charge in [0, 0.05) is 0 Å². The van der Waals surface area contributed by atoms with Gasteiger partial charge in [-0.2, -0.15) is 0 Å². The molecule has 0 N–H and O–H groups in total. The second kappa shape index (κ2) is 6.14. The zero-order chi connectivity index (χ0) is 12.8. The predicted molar refractivity (Wildman–Crippen MR) is 48.1 cm³/mol. The topological polar surface area (TPSA) is 69.7 Å². The fourth-order valence-electron chi connectivity index (χ4n) is 0.864. The van der Waals surface area contributed by atoms with Crippen LogP contribution in [0.15, 0.2) is 0 Å². The normalized spacial score (nSPS) is 10.8. The molecule has 0 spiro atoms. The van der Waals surface area contributed by atoms with Crippen LogP contribution in [0.4, 0.5) is 8.78 Å². The lowest BCUT2D eigenvalue weighted by Gasteiger charge is -2.18. The minimum Gasteiger partial charge on any atom is -0.463 e. The Bertz CT molecular complexity index is 272. The van der Waals surface area contributed by atoms with Crippen molar-refractivity contribution in [1.82, 2.24) is 0 Å². The summed E-state index contributed by atoms with van der Waals surface area (Å²) in [6, 6.07) is 0. The maximum atomic E-state index is 13.8. The van der Waals surface area contributed by atoms with Crippen LogP contribution in [0.5, 0.6) is 0 Å². The number of esters is 2. The number of carbonyl (C=O) groups excluding carboxylic acids is 3. The minimum absolute atomic E-state index is 0.247. The third-order valence-corrected chi connectivity index (χ3v) is 1.62. The van der Waals surface area contributed by atoms with Crippen LogP contribution >= 0.6 is 0 Å². The van der Waals surface area contributed by atoms with Gasteiger partial charge in [-0.1, -0.05) is 0 Å². The van der Waals surface area contributed by atoms with E-state index in [-0.39, 0.29) is 13.2 Å². The number of Topliss-reactive ketones (excluding diaryl/α,β-unsaturated/α-hetero) is 1. The second-order valence-corrected chi connectivity index (χ2v) is 2.66. The average Bonchev–Trinajstić information content (AvgIpc) is 2.27. The van der Waals surface area contributed by atoms with Gasteiger partial charge in [0.25, 0.3) is 0 Å². The van der Waals surface area contributed by atoms with E-state index >= 15 is 0 Å². The molecule has 0 atom stereocenters. The Balaban J connectivity index is 5.10. The Hall–Kier alpha value is -1.53. The SMILES string of the molecule is CCOC(=O)C(F)(C(=O)CF)C(=O)OCC. The maximum absolute atomic E-state index is 13.8. The van der Waals surface area contributed by atoms with E-state index in [9.17, 15) is 23.2 Å². The van der Waals surface area contributed by atoms with E-state index in [1.807, 2.05) is 0 Å². The molecule has 0 heterocycles. The van der Waals surface area contributed by atoms with Gasteiger partial charge in [0.15, 0.2) is 6.67 Å². The number of hydrogen-bond donors (Lipinski definition) is 0. The number of ketones is 1. The van der Waals surface area contributed by atoms with E-state index in [1.165, 1.54) is 13.8 Å². The van der Waals surface area contributed by atoms with Crippen LogP contribution in [0.2, 0.25) is 0 Å². The van der Waals surface area contributed by atoms with Crippen molar-refractivity contribution in [3.8, 4) is 0 Å². The van der Waals surface area contributed by atoms with E-state index in [0.717, 1.165) is 0 Å². The van der Waals surface area contributed by atoms with E-state index in [2.05, 4.69) is 9.47 Å². The second-order valence-electron chi connectivity index (χ2n) is 2.66. The summed E-state index contributed by atoms with van der Waals surface area (Å²) in [5, 5.41) is 0. The van der Waals surface area contributed by atoms with Gasteiger partial charge in [0.05, 0.1) is 13.2 Å². The van der Waals surface area contributed by atoms with Crippen molar-refractivity contribution < 1.29 is 32.6 Å². The monoisotopic (exact) mass is 238 g/mol. The fourth-order valence-corrected chi connectivity index (χ4v) is 0.864. The minimum atomic E-state index is -3.71. The Labute approximate surface area is 90.7 Å². The van der Waals surface area contributed by atoms with Gasteiger partial charge >= 0.3 is 17.6 Å². The molecule has 7 heteroatoms. The van der Waals surface area contributed by atoms with E-state index < -0.39 is 30.1 Å². The molecule has 0 rings (SSSR count). The Morgan fingerprint density at radius 3 is 1.69 bits per heavy atom. The lowest BCUT2D eigenvalue weighted by molar-refractivity contribution is -0.177. The molecule has 16 heavy (non-hydrogen) atoms. The Morgan fingerprint density at radius 1 is 1.06 bits per heavy atom. The van der Waals surface area contributed by atoms with Crippen LogP contribution in [0, 0.1) is 0 Å². The summed E-state index contributed by atoms with van der Waals surface area (Å²) in [6.07, 6.45) is 0. The number of halogens is 2. The first-order valence-electron chi connectivity index (χ1n) is 4.57.